The lowest BCUT2D eigenvalue weighted by Crippen LogP contribution is -2.28. The number of nitrogens with one attached hydrogen (secondary N) is 1. The van der Waals surface area contributed by atoms with Crippen LogP contribution in [0.4, 0.5) is 0 Å². The van der Waals surface area contributed by atoms with Crippen molar-refractivity contribution >= 4 is 0 Å². The Morgan fingerprint density at radius 2 is 1.95 bits per heavy atom. The highest BCUT2D eigenvalue weighted by Gasteiger charge is 2.27. The van der Waals surface area contributed by atoms with Gasteiger partial charge in [-0.25, -0.2) is 4.68 Å². The summed E-state index contributed by atoms with van der Waals surface area (Å²) < 4.78 is 2.14. The zero-order valence-electron chi connectivity index (χ0n) is 12.5. The van der Waals surface area contributed by atoms with E-state index in [1.54, 1.807) is 0 Å². The average Bonchev–Trinajstić information content (AvgIpc) is 3.25. The summed E-state index contributed by atoms with van der Waals surface area (Å²) in [5.74, 6) is 1.57. The zero-order chi connectivity index (χ0) is 14.1. The Kier molecular flexibility index (Phi) is 3.52. The van der Waals surface area contributed by atoms with Crippen LogP contribution in [0, 0.1) is 5.92 Å². The molecule has 4 rings (SSSR count). The van der Waals surface area contributed by atoms with Crippen LogP contribution in [0.5, 0.6) is 0 Å². The molecule has 2 fully saturated rings. The first-order chi connectivity index (χ1) is 10.4. The summed E-state index contributed by atoms with van der Waals surface area (Å²) in [6, 6.07) is 11.2. The molecule has 1 aromatic carbocycles. The van der Waals surface area contributed by atoms with Gasteiger partial charge in [0.25, 0.3) is 0 Å². The Morgan fingerprint density at radius 1 is 1.10 bits per heavy atom. The fraction of sp³-hybridized carbons (Fsp3) is 0.500. The molecule has 1 aromatic heterocycles. The van der Waals surface area contributed by atoms with Gasteiger partial charge in [-0.15, -0.1) is 0 Å². The number of nitrogens with zero attached hydrogens (tertiary/aromatic N) is 2. The van der Waals surface area contributed by atoms with Crippen molar-refractivity contribution in [1.29, 1.82) is 0 Å². The highest BCUT2D eigenvalue weighted by molar-refractivity contribution is 5.38. The van der Waals surface area contributed by atoms with Crippen LogP contribution in [0.15, 0.2) is 36.5 Å². The number of piperidine rings is 1. The lowest BCUT2D eigenvalue weighted by atomic mass is 9.91. The van der Waals surface area contributed by atoms with E-state index in [0.29, 0.717) is 0 Å². The number of rotatable bonds is 4. The van der Waals surface area contributed by atoms with Gasteiger partial charge >= 0.3 is 0 Å². The van der Waals surface area contributed by atoms with Crippen LogP contribution < -0.4 is 5.32 Å². The average molecular weight is 281 g/mol. The molecule has 1 saturated carbocycles. The van der Waals surface area contributed by atoms with Gasteiger partial charge in [0.05, 0.1) is 5.69 Å². The van der Waals surface area contributed by atoms with Crippen LogP contribution in [0.2, 0.25) is 0 Å². The van der Waals surface area contributed by atoms with Gasteiger partial charge in [-0.3, -0.25) is 0 Å². The molecule has 21 heavy (non-hydrogen) atoms. The smallest absolute Gasteiger partial charge is 0.0651 e. The SMILES string of the molecule is c1cc(CC2CCNCC2)cc(-n2nccc2C2CC2)c1. The minimum atomic E-state index is 0.737. The molecular weight excluding hydrogens is 258 g/mol. The van der Waals surface area contributed by atoms with Gasteiger partial charge in [-0.1, -0.05) is 12.1 Å². The van der Waals surface area contributed by atoms with Crippen LogP contribution in [-0.4, -0.2) is 22.9 Å². The largest absolute Gasteiger partial charge is 0.317 e. The molecule has 1 saturated heterocycles. The van der Waals surface area contributed by atoms with Crippen molar-refractivity contribution in [3.05, 3.63) is 47.8 Å². The molecule has 0 unspecified atom stereocenters. The highest BCUT2D eigenvalue weighted by atomic mass is 15.3. The Balaban J connectivity index is 1.55. The Bertz CT molecular complexity index is 606. The van der Waals surface area contributed by atoms with Crippen molar-refractivity contribution in [1.82, 2.24) is 15.1 Å². The molecule has 1 aliphatic heterocycles. The van der Waals surface area contributed by atoms with Gasteiger partial charge in [0.15, 0.2) is 0 Å². The molecule has 2 aromatic rings. The summed E-state index contributed by atoms with van der Waals surface area (Å²) in [4.78, 5) is 0. The van der Waals surface area contributed by atoms with E-state index >= 15 is 0 Å². The summed E-state index contributed by atoms with van der Waals surface area (Å²) in [6.45, 7) is 2.35. The first kappa shape index (κ1) is 13.1. The summed E-state index contributed by atoms with van der Waals surface area (Å²) in [7, 11) is 0. The maximum atomic E-state index is 4.54. The van der Waals surface area contributed by atoms with Gasteiger partial charge in [0, 0.05) is 17.8 Å². The molecule has 1 aliphatic carbocycles. The van der Waals surface area contributed by atoms with E-state index in [-0.39, 0.29) is 0 Å². The maximum absolute atomic E-state index is 4.54. The molecule has 2 aliphatic rings. The minimum Gasteiger partial charge on any atom is -0.317 e. The van der Waals surface area contributed by atoms with E-state index in [9.17, 15) is 0 Å². The van der Waals surface area contributed by atoms with E-state index in [1.165, 1.54) is 62.1 Å². The maximum Gasteiger partial charge on any atom is 0.0651 e. The van der Waals surface area contributed by atoms with Crippen LogP contribution in [0.25, 0.3) is 5.69 Å². The Morgan fingerprint density at radius 3 is 2.76 bits per heavy atom. The number of hydrogen-bond acceptors (Lipinski definition) is 2. The molecule has 3 heteroatoms. The zero-order valence-corrected chi connectivity index (χ0v) is 12.5. The lowest BCUT2D eigenvalue weighted by Gasteiger charge is -2.22. The monoisotopic (exact) mass is 281 g/mol. The lowest BCUT2D eigenvalue weighted by molar-refractivity contribution is 0.372. The summed E-state index contributed by atoms with van der Waals surface area (Å²) in [5, 5.41) is 7.99. The van der Waals surface area contributed by atoms with Crippen LogP contribution in [0.3, 0.4) is 0 Å². The predicted octanol–water partition coefficient (Wildman–Crippen LogP) is 3.29. The first-order valence-electron chi connectivity index (χ1n) is 8.24. The summed E-state index contributed by atoms with van der Waals surface area (Å²) in [5.41, 5.74) is 4.07. The molecule has 0 amide bonds. The van der Waals surface area contributed by atoms with Crippen LogP contribution in [0.1, 0.15) is 42.9 Å². The minimum absolute atomic E-state index is 0.737. The van der Waals surface area contributed by atoms with E-state index in [1.807, 2.05) is 6.20 Å². The van der Waals surface area contributed by atoms with Crippen molar-refractivity contribution in [3.8, 4) is 5.69 Å². The third-order valence-electron chi connectivity index (χ3n) is 4.81. The van der Waals surface area contributed by atoms with Gasteiger partial charge in [0.2, 0.25) is 0 Å². The predicted molar refractivity (Wildman–Crippen MR) is 84.8 cm³/mol. The Labute approximate surface area is 126 Å². The quantitative estimate of drug-likeness (QED) is 0.932. The third kappa shape index (κ3) is 2.88. The van der Waals surface area contributed by atoms with E-state index in [4.69, 9.17) is 0 Å². The van der Waals surface area contributed by atoms with E-state index in [0.717, 1.165) is 11.8 Å². The van der Waals surface area contributed by atoms with Gasteiger partial charge in [0.1, 0.15) is 0 Å². The van der Waals surface area contributed by atoms with Crippen LogP contribution >= 0.6 is 0 Å². The third-order valence-corrected chi connectivity index (χ3v) is 4.81. The normalized spacial score (nSPS) is 19.8. The van der Waals surface area contributed by atoms with E-state index < -0.39 is 0 Å². The van der Waals surface area contributed by atoms with Crippen molar-refractivity contribution in [2.24, 2.45) is 5.92 Å². The van der Waals surface area contributed by atoms with Crippen molar-refractivity contribution in [3.63, 3.8) is 0 Å². The summed E-state index contributed by atoms with van der Waals surface area (Å²) in [6.07, 6.45) is 8.39. The molecule has 0 bridgehead atoms. The van der Waals surface area contributed by atoms with Crippen molar-refractivity contribution in [2.45, 2.75) is 38.0 Å². The molecule has 0 spiro atoms. The second kappa shape index (κ2) is 5.64. The fourth-order valence-electron chi connectivity index (χ4n) is 3.45. The van der Waals surface area contributed by atoms with Crippen molar-refractivity contribution < 1.29 is 0 Å². The summed E-state index contributed by atoms with van der Waals surface area (Å²) >= 11 is 0. The van der Waals surface area contributed by atoms with Gasteiger partial charge < -0.3 is 5.32 Å². The topological polar surface area (TPSA) is 29.9 Å². The number of hydrogen-bond donors (Lipinski definition) is 1. The standard InChI is InChI=1S/C18H23N3/c1-2-15(12-14-6-9-19-10-7-14)13-17(3-1)21-18(8-11-20-21)16-4-5-16/h1-3,8,11,13-14,16,19H,4-7,9-10,12H2. The van der Waals surface area contributed by atoms with Gasteiger partial charge in [-0.2, -0.15) is 5.10 Å². The molecule has 3 nitrogen and oxygen atoms in total. The molecule has 0 atom stereocenters. The van der Waals surface area contributed by atoms with Gasteiger partial charge in [-0.05, 0) is 74.9 Å². The molecule has 110 valence electrons. The van der Waals surface area contributed by atoms with Crippen LogP contribution in [-0.2, 0) is 6.42 Å². The number of aromatic nitrogens is 2. The highest BCUT2D eigenvalue weighted by Crippen LogP contribution is 2.40. The fourth-order valence-corrected chi connectivity index (χ4v) is 3.45. The Hall–Kier alpha value is -1.61. The molecule has 2 heterocycles. The van der Waals surface area contributed by atoms with E-state index in [2.05, 4.69) is 45.4 Å². The van der Waals surface area contributed by atoms with Crippen molar-refractivity contribution in [2.75, 3.05) is 13.1 Å². The molecular formula is C18H23N3. The molecule has 0 radical (unpaired) electrons. The number of benzene rings is 1. The second-order valence-corrected chi connectivity index (χ2v) is 6.51. The second-order valence-electron chi connectivity index (χ2n) is 6.51. The molecule has 1 N–H and O–H groups in total. The first-order valence-corrected chi connectivity index (χ1v) is 8.24.